The summed E-state index contributed by atoms with van der Waals surface area (Å²) in [7, 11) is 1.65. The number of aromatic nitrogens is 2. The highest BCUT2D eigenvalue weighted by Gasteiger charge is 2.25. The van der Waals surface area contributed by atoms with Crippen molar-refractivity contribution in [2.75, 3.05) is 38.3 Å². The molecule has 1 amide bonds. The maximum atomic E-state index is 12.5. The largest absolute Gasteiger partial charge is 0.497 e. The summed E-state index contributed by atoms with van der Waals surface area (Å²) in [6.07, 6.45) is 1.60. The molecule has 0 aliphatic carbocycles. The van der Waals surface area contributed by atoms with E-state index in [0.717, 1.165) is 54.5 Å². The Hall–Kier alpha value is -3.61. The lowest BCUT2D eigenvalue weighted by molar-refractivity contribution is -0.125. The maximum Gasteiger partial charge on any atom is 0.223 e. The van der Waals surface area contributed by atoms with Crippen LogP contribution >= 0.6 is 0 Å². The van der Waals surface area contributed by atoms with Gasteiger partial charge in [-0.15, -0.1) is 10.2 Å². The molecule has 0 saturated carbocycles. The first-order chi connectivity index (χ1) is 16.1. The van der Waals surface area contributed by atoms with Crippen LogP contribution in [0.15, 0.2) is 60.7 Å². The van der Waals surface area contributed by atoms with Gasteiger partial charge in [-0.2, -0.15) is 0 Å². The average molecular weight is 447 g/mol. The Bertz CT molecular complexity index is 1030. The normalized spacial score (nSPS) is 14.1. The number of hydrogen-bond acceptors (Lipinski definition) is 6. The summed E-state index contributed by atoms with van der Waals surface area (Å²) in [6, 6.07) is 19.7. The van der Waals surface area contributed by atoms with E-state index in [1.807, 2.05) is 67.6 Å². The highest BCUT2D eigenvalue weighted by Crippen LogP contribution is 2.24. The van der Waals surface area contributed by atoms with Gasteiger partial charge in [0.2, 0.25) is 5.91 Å². The number of amides is 1. The zero-order valence-electron chi connectivity index (χ0n) is 19.2. The Kier molecular flexibility index (Phi) is 7.40. The number of piperidine rings is 1. The van der Waals surface area contributed by atoms with Crippen LogP contribution in [0.25, 0.3) is 11.3 Å². The van der Waals surface area contributed by atoms with E-state index in [0.29, 0.717) is 13.2 Å². The molecular formula is C26H30N4O3. The maximum absolute atomic E-state index is 12.5. The third kappa shape index (κ3) is 6.00. The number of hydrogen-bond donors (Lipinski definition) is 1. The Morgan fingerprint density at radius 3 is 2.30 bits per heavy atom. The van der Waals surface area contributed by atoms with Gasteiger partial charge in [0.15, 0.2) is 5.82 Å². The van der Waals surface area contributed by atoms with Gasteiger partial charge in [0.25, 0.3) is 0 Å². The summed E-state index contributed by atoms with van der Waals surface area (Å²) >= 11 is 0. The van der Waals surface area contributed by atoms with Gasteiger partial charge in [0.1, 0.15) is 18.1 Å². The van der Waals surface area contributed by atoms with Gasteiger partial charge < -0.3 is 19.7 Å². The summed E-state index contributed by atoms with van der Waals surface area (Å²) in [5.41, 5.74) is 3.02. The molecule has 7 heteroatoms. The molecule has 1 fully saturated rings. The van der Waals surface area contributed by atoms with E-state index in [-0.39, 0.29) is 11.8 Å². The fraction of sp³-hybridized carbons (Fsp3) is 0.346. The highest BCUT2D eigenvalue weighted by atomic mass is 16.5. The molecule has 0 spiro atoms. The van der Waals surface area contributed by atoms with E-state index < -0.39 is 0 Å². The van der Waals surface area contributed by atoms with Gasteiger partial charge in [0, 0.05) is 24.6 Å². The molecule has 1 N–H and O–H groups in total. The third-order valence-electron chi connectivity index (χ3n) is 5.92. The molecule has 2 aromatic carbocycles. The van der Waals surface area contributed by atoms with Crippen LogP contribution in [0.3, 0.4) is 0 Å². The van der Waals surface area contributed by atoms with Crippen molar-refractivity contribution in [3.05, 3.63) is 66.2 Å². The molecule has 0 atom stereocenters. The number of carbonyl (C=O) groups excluding carboxylic acids is 1. The van der Waals surface area contributed by atoms with Crippen molar-refractivity contribution in [1.29, 1.82) is 0 Å². The Morgan fingerprint density at radius 2 is 1.67 bits per heavy atom. The summed E-state index contributed by atoms with van der Waals surface area (Å²) < 4.78 is 10.9. The number of rotatable bonds is 8. The first-order valence-corrected chi connectivity index (χ1v) is 11.3. The van der Waals surface area contributed by atoms with Crippen molar-refractivity contribution >= 4 is 11.7 Å². The Labute approximate surface area is 194 Å². The predicted octanol–water partition coefficient (Wildman–Crippen LogP) is 3.87. The molecular weight excluding hydrogens is 416 g/mol. The van der Waals surface area contributed by atoms with Gasteiger partial charge >= 0.3 is 0 Å². The number of nitrogens with zero attached hydrogens (tertiary/aromatic N) is 3. The van der Waals surface area contributed by atoms with Gasteiger partial charge in [-0.25, -0.2) is 0 Å². The van der Waals surface area contributed by atoms with Crippen molar-refractivity contribution in [3.63, 3.8) is 0 Å². The van der Waals surface area contributed by atoms with E-state index in [4.69, 9.17) is 9.47 Å². The van der Waals surface area contributed by atoms with Gasteiger partial charge in [-0.1, -0.05) is 17.7 Å². The molecule has 2 heterocycles. The second-order valence-electron chi connectivity index (χ2n) is 8.22. The first-order valence-electron chi connectivity index (χ1n) is 11.3. The standard InChI is InChI=1S/C26H30N4O3/c1-19-3-7-23(8-4-19)33-18-15-27-26(31)21-13-16-30(17-14-21)25-12-11-24(28-29-25)20-5-9-22(32-2)10-6-20/h3-12,21H,13-18H2,1-2H3,(H,27,31). The molecule has 172 valence electrons. The summed E-state index contributed by atoms with van der Waals surface area (Å²) in [5, 5.41) is 11.8. The molecule has 1 aliphatic heterocycles. The minimum absolute atomic E-state index is 0.0205. The van der Waals surface area contributed by atoms with Crippen molar-refractivity contribution in [1.82, 2.24) is 15.5 Å². The first kappa shape index (κ1) is 22.6. The fourth-order valence-electron chi connectivity index (χ4n) is 3.90. The number of ether oxygens (including phenoxy) is 2. The van der Waals surface area contributed by atoms with E-state index >= 15 is 0 Å². The van der Waals surface area contributed by atoms with Crippen LogP contribution in [0.2, 0.25) is 0 Å². The van der Waals surface area contributed by atoms with E-state index in [1.54, 1.807) is 7.11 Å². The second kappa shape index (κ2) is 10.8. The molecule has 33 heavy (non-hydrogen) atoms. The number of nitrogens with one attached hydrogen (secondary N) is 1. The zero-order chi connectivity index (χ0) is 23.0. The number of anilines is 1. The van der Waals surface area contributed by atoms with Crippen LogP contribution in [0.5, 0.6) is 11.5 Å². The van der Waals surface area contributed by atoms with Crippen LogP contribution in [-0.4, -0.2) is 49.5 Å². The lowest BCUT2D eigenvalue weighted by atomic mass is 9.96. The van der Waals surface area contributed by atoms with E-state index in [9.17, 15) is 4.79 Å². The molecule has 1 aliphatic rings. The molecule has 0 bridgehead atoms. The van der Waals surface area contributed by atoms with Crippen molar-refractivity contribution in [2.24, 2.45) is 5.92 Å². The van der Waals surface area contributed by atoms with Gasteiger partial charge in [0.05, 0.1) is 19.3 Å². The average Bonchev–Trinajstić information content (AvgIpc) is 2.88. The molecule has 7 nitrogen and oxygen atoms in total. The molecule has 3 aromatic rings. The minimum atomic E-state index is 0.0205. The monoisotopic (exact) mass is 446 g/mol. The highest BCUT2D eigenvalue weighted by molar-refractivity contribution is 5.79. The molecule has 0 radical (unpaired) electrons. The zero-order valence-corrected chi connectivity index (χ0v) is 19.2. The third-order valence-corrected chi connectivity index (χ3v) is 5.92. The predicted molar refractivity (Wildman–Crippen MR) is 129 cm³/mol. The molecule has 1 saturated heterocycles. The minimum Gasteiger partial charge on any atom is -0.497 e. The van der Waals surface area contributed by atoms with Crippen LogP contribution in [0, 0.1) is 12.8 Å². The van der Waals surface area contributed by atoms with Crippen LogP contribution < -0.4 is 19.7 Å². The van der Waals surface area contributed by atoms with Gasteiger partial charge in [-0.05, 0) is 68.3 Å². The van der Waals surface area contributed by atoms with Gasteiger partial charge in [-0.3, -0.25) is 4.79 Å². The lowest BCUT2D eigenvalue weighted by Gasteiger charge is -2.31. The Morgan fingerprint density at radius 1 is 0.970 bits per heavy atom. The molecule has 0 unspecified atom stereocenters. The smallest absolute Gasteiger partial charge is 0.223 e. The molecule has 1 aromatic heterocycles. The van der Waals surface area contributed by atoms with Crippen LogP contribution in [0.1, 0.15) is 18.4 Å². The number of carbonyl (C=O) groups is 1. The summed E-state index contributed by atoms with van der Waals surface area (Å²) in [5.74, 6) is 2.60. The quantitative estimate of drug-likeness (QED) is 0.530. The van der Waals surface area contributed by atoms with E-state index in [1.165, 1.54) is 5.56 Å². The number of methoxy groups -OCH3 is 1. The topological polar surface area (TPSA) is 76.6 Å². The summed E-state index contributed by atoms with van der Waals surface area (Å²) in [6.45, 7) is 4.58. The Balaban J connectivity index is 1.21. The van der Waals surface area contributed by atoms with Crippen LogP contribution in [0.4, 0.5) is 5.82 Å². The van der Waals surface area contributed by atoms with Crippen molar-refractivity contribution in [3.8, 4) is 22.8 Å². The van der Waals surface area contributed by atoms with Crippen LogP contribution in [-0.2, 0) is 4.79 Å². The second-order valence-corrected chi connectivity index (χ2v) is 8.22. The van der Waals surface area contributed by atoms with E-state index in [2.05, 4.69) is 20.4 Å². The van der Waals surface area contributed by atoms with Crippen molar-refractivity contribution in [2.45, 2.75) is 19.8 Å². The number of aryl methyl sites for hydroxylation is 1. The lowest BCUT2D eigenvalue weighted by Crippen LogP contribution is -2.41. The molecule has 4 rings (SSSR count). The SMILES string of the molecule is COc1ccc(-c2ccc(N3CCC(C(=O)NCCOc4ccc(C)cc4)CC3)nn2)cc1. The number of benzene rings is 2. The van der Waals surface area contributed by atoms with Crippen molar-refractivity contribution < 1.29 is 14.3 Å². The summed E-state index contributed by atoms with van der Waals surface area (Å²) in [4.78, 5) is 14.7. The fourth-order valence-corrected chi connectivity index (χ4v) is 3.90.